The predicted octanol–water partition coefficient (Wildman–Crippen LogP) is 1.46. The van der Waals surface area contributed by atoms with Crippen molar-refractivity contribution < 1.29 is 13.2 Å². The number of methoxy groups -OCH3 is 1. The number of nitrogens with one attached hydrogen (secondary N) is 1. The molecule has 0 amide bonds. The highest BCUT2D eigenvalue weighted by Gasteiger charge is 2.31. The van der Waals surface area contributed by atoms with Crippen molar-refractivity contribution in [3.05, 3.63) is 11.9 Å². The molecule has 1 N–H and O–H groups in total. The van der Waals surface area contributed by atoms with Gasteiger partial charge in [-0.2, -0.15) is 0 Å². The van der Waals surface area contributed by atoms with Gasteiger partial charge in [0.2, 0.25) is 5.95 Å². The van der Waals surface area contributed by atoms with Gasteiger partial charge in [-0.1, -0.05) is 0 Å². The zero-order valence-corrected chi connectivity index (χ0v) is 13.9. The van der Waals surface area contributed by atoms with Gasteiger partial charge in [-0.25, -0.2) is 13.4 Å². The first-order valence-electron chi connectivity index (χ1n) is 6.55. The third-order valence-corrected chi connectivity index (χ3v) is 5.38. The van der Waals surface area contributed by atoms with Gasteiger partial charge in [-0.15, -0.1) is 0 Å². The summed E-state index contributed by atoms with van der Waals surface area (Å²) in [4.78, 5) is 4.40. The van der Waals surface area contributed by atoms with Crippen molar-refractivity contribution in [3.63, 3.8) is 0 Å². The van der Waals surface area contributed by atoms with Crippen LogP contribution in [-0.2, 0) is 21.1 Å². The minimum Gasteiger partial charge on any atom is -0.383 e. The van der Waals surface area contributed by atoms with Crippen LogP contribution in [0.5, 0.6) is 0 Å². The SMILES string of the molecule is COCC(C)Nc1nc(C)cn1CC(C)(C)S(C)(=O)=O. The number of aryl methyl sites for hydroxylation is 1. The van der Waals surface area contributed by atoms with Gasteiger partial charge in [0.1, 0.15) is 0 Å². The number of imidazole rings is 1. The Kier molecular flexibility index (Phi) is 5.21. The minimum absolute atomic E-state index is 0.0990. The lowest BCUT2D eigenvalue weighted by molar-refractivity contribution is 0.190. The standard InChI is InChI=1S/C13H25N3O3S/c1-10-7-16(9-13(3,4)20(6,17)18)12(14-10)15-11(2)8-19-5/h7,11H,8-9H2,1-6H3,(H,14,15). The predicted molar refractivity (Wildman–Crippen MR) is 80.8 cm³/mol. The van der Waals surface area contributed by atoms with Gasteiger partial charge >= 0.3 is 0 Å². The van der Waals surface area contributed by atoms with Gasteiger partial charge in [0, 0.05) is 32.1 Å². The first kappa shape index (κ1) is 17.0. The molecular formula is C13H25N3O3S. The largest absolute Gasteiger partial charge is 0.383 e. The van der Waals surface area contributed by atoms with E-state index in [1.807, 2.05) is 24.6 Å². The number of ether oxygens (including phenoxy) is 1. The summed E-state index contributed by atoms with van der Waals surface area (Å²) in [6.07, 6.45) is 3.12. The summed E-state index contributed by atoms with van der Waals surface area (Å²) in [6.45, 7) is 8.23. The summed E-state index contributed by atoms with van der Waals surface area (Å²) >= 11 is 0. The maximum absolute atomic E-state index is 11.8. The first-order chi connectivity index (χ1) is 9.06. The van der Waals surface area contributed by atoms with Crippen molar-refractivity contribution in [2.24, 2.45) is 0 Å². The van der Waals surface area contributed by atoms with E-state index in [1.54, 1.807) is 21.0 Å². The van der Waals surface area contributed by atoms with Crippen molar-refractivity contribution in [3.8, 4) is 0 Å². The molecule has 1 aromatic heterocycles. The van der Waals surface area contributed by atoms with Gasteiger partial charge in [0.15, 0.2) is 9.84 Å². The van der Waals surface area contributed by atoms with E-state index in [0.717, 1.165) is 5.69 Å². The Morgan fingerprint density at radius 2 is 2.10 bits per heavy atom. The topological polar surface area (TPSA) is 73.2 Å². The van der Waals surface area contributed by atoms with Crippen LogP contribution in [0, 0.1) is 6.92 Å². The summed E-state index contributed by atoms with van der Waals surface area (Å²) < 4.78 is 29.7. The zero-order chi connectivity index (χ0) is 15.6. The molecule has 0 aromatic carbocycles. The van der Waals surface area contributed by atoms with E-state index in [1.165, 1.54) is 6.26 Å². The Morgan fingerprint density at radius 3 is 2.60 bits per heavy atom. The molecule has 0 spiro atoms. The Hall–Kier alpha value is -1.08. The molecule has 0 aliphatic carbocycles. The van der Waals surface area contributed by atoms with E-state index in [-0.39, 0.29) is 6.04 Å². The van der Waals surface area contributed by atoms with E-state index in [4.69, 9.17) is 4.74 Å². The van der Waals surface area contributed by atoms with Gasteiger partial charge in [0.05, 0.1) is 17.0 Å². The highest BCUT2D eigenvalue weighted by molar-refractivity contribution is 7.92. The van der Waals surface area contributed by atoms with Crippen LogP contribution < -0.4 is 5.32 Å². The lowest BCUT2D eigenvalue weighted by Crippen LogP contribution is -2.36. The summed E-state index contributed by atoms with van der Waals surface area (Å²) in [5.41, 5.74) is 0.849. The molecule has 1 aromatic rings. The maximum Gasteiger partial charge on any atom is 0.203 e. The molecule has 116 valence electrons. The molecule has 6 nitrogen and oxygen atoms in total. The Labute approximate surface area is 121 Å². The Bertz CT molecular complexity index is 549. The van der Waals surface area contributed by atoms with Crippen LogP contribution in [0.3, 0.4) is 0 Å². The highest BCUT2D eigenvalue weighted by atomic mass is 32.2. The molecule has 0 saturated carbocycles. The smallest absolute Gasteiger partial charge is 0.203 e. The molecule has 1 atom stereocenters. The zero-order valence-electron chi connectivity index (χ0n) is 13.1. The molecule has 20 heavy (non-hydrogen) atoms. The van der Waals surface area contributed by atoms with Crippen LogP contribution >= 0.6 is 0 Å². The van der Waals surface area contributed by atoms with E-state index in [9.17, 15) is 8.42 Å². The van der Waals surface area contributed by atoms with E-state index < -0.39 is 14.6 Å². The van der Waals surface area contributed by atoms with Crippen LogP contribution in [0.1, 0.15) is 26.5 Å². The number of hydrogen-bond acceptors (Lipinski definition) is 5. The molecule has 1 rings (SSSR count). The average Bonchev–Trinajstić information content (AvgIpc) is 2.56. The lowest BCUT2D eigenvalue weighted by Gasteiger charge is -2.24. The van der Waals surface area contributed by atoms with Crippen molar-refractivity contribution >= 4 is 15.8 Å². The maximum atomic E-state index is 11.8. The molecule has 0 bridgehead atoms. The molecule has 7 heteroatoms. The Balaban J connectivity index is 2.96. The van der Waals surface area contributed by atoms with E-state index in [2.05, 4.69) is 10.3 Å². The molecule has 0 radical (unpaired) electrons. The molecule has 0 saturated heterocycles. The molecule has 1 unspecified atom stereocenters. The fraction of sp³-hybridized carbons (Fsp3) is 0.769. The molecule has 1 heterocycles. The minimum atomic E-state index is -3.15. The Morgan fingerprint density at radius 1 is 1.50 bits per heavy atom. The first-order valence-corrected chi connectivity index (χ1v) is 8.45. The van der Waals surface area contributed by atoms with Crippen LogP contribution in [-0.4, -0.2) is 48.7 Å². The number of anilines is 1. The summed E-state index contributed by atoms with van der Waals surface area (Å²) in [5, 5.41) is 3.24. The van der Waals surface area contributed by atoms with Crippen LogP contribution in [0.15, 0.2) is 6.20 Å². The lowest BCUT2D eigenvalue weighted by atomic mass is 10.2. The third-order valence-electron chi connectivity index (χ3n) is 3.24. The monoisotopic (exact) mass is 303 g/mol. The van der Waals surface area contributed by atoms with Crippen molar-refractivity contribution in [2.75, 3.05) is 25.3 Å². The van der Waals surface area contributed by atoms with Gasteiger partial charge in [-0.05, 0) is 27.7 Å². The molecule has 0 aliphatic rings. The summed E-state index contributed by atoms with van der Waals surface area (Å²) in [7, 11) is -1.51. The second kappa shape index (κ2) is 6.13. The molecular weight excluding hydrogens is 278 g/mol. The number of sulfone groups is 1. The van der Waals surface area contributed by atoms with Crippen LogP contribution in [0.2, 0.25) is 0 Å². The third kappa shape index (κ3) is 4.21. The quantitative estimate of drug-likeness (QED) is 0.825. The summed E-state index contributed by atoms with van der Waals surface area (Å²) in [5.74, 6) is 0.670. The number of nitrogens with zero attached hydrogens (tertiary/aromatic N) is 2. The van der Waals surface area contributed by atoms with Crippen LogP contribution in [0.4, 0.5) is 5.95 Å². The van der Waals surface area contributed by atoms with Crippen molar-refractivity contribution in [1.29, 1.82) is 0 Å². The fourth-order valence-corrected chi connectivity index (χ4v) is 2.20. The number of aromatic nitrogens is 2. The van der Waals surface area contributed by atoms with Crippen LogP contribution in [0.25, 0.3) is 0 Å². The van der Waals surface area contributed by atoms with Crippen molar-refractivity contribution in [1.82, 2.24) is 9.55 Å². The highest BCUT2D eigenvalue weighted by Crippen LogP contribution is 2.21. The normalized spacial score (nSPS) is 14.3. The van der Waals surface area contributed by atoms with Crippen molar-refractivity contribution in [2.45, 2.75) is 45.0 Å². The second-order valence-corrected chi connectivity index (χ2v) is 8.52. The fourth-order valence-electron chi connectivity index (χ4n) is 1.82. The van der Waals surface area contributed by atoms with E-state index >= 15 is 0 Å². The summed E-state index contributed by atoms with van der Waals surface area (Å²) in [6, 6.07) is 0.0990. The van der Waals surface area contributed by atoms with Gasteiger partial charge < -0.3 is 14.6 Å². The second-order valence-electron chi connectivity index (χ2n) is 5.87. The molecule has 0 fully saturated rings. The number of rotatable bonds is 7. The molecule has 0 aliphatic heterocycles. The number of hydrogen-bond donors (Lipinski definition) is 1. The van der Waals surface area contributed by atoms with Gasteiger partial charge in [-0.3, -0.25) is 0 Å². The van der Waals surface area contributed by atoms with Gasteiger partial charge in [0.25, 0.3) is 0 Å². The van der Waals surface area contributed by atoms with E-state index in [0.29, 0.717) is 19.1 Å². The average molecular weight is 303 g/mol.